The van der Waals surface area contributed by atoms with E-state index in [0.29, 0.717) is 31.1 Å². The van der Waals surface area contributed by atoms with Crippen LogP contribution in [0, 0.1) is 17.5 Å². The summed E-state index contributed by atoms with van der Waals surface area (Å²) in [4.78, 5) is 16.5. The van der Waals surface area contributed by atoms with Crippen LogP contribution in [0.3, 0.4) is 0 Å². The van der Waals surface area contributed by atoms with Crippen LogP contribution in [0.2, 0.25) is 0 Å². The molecule has 3 aromatic carbocycles. The van der Waals surface area contributed by atoms with Gasteiger partial charge < -0.3 is 15.1 Å². The van der Waals surface area contributed by atoms with Crippen molar-refractivity contribution in [2.24, 2.45) is 0 Å². The van der Waals surface area contributed by atoms with Crippen LogP contribution in [0.15, 0.2) is 66.7 Å². The van der Waals surface area contributed by atoms with Crippen LogP contribution in [-0.4, -0.2) is 46.8 Å². The van der Waals surface area contributed by atoms with Gasteiger partial charge in [0, 0.05) is 48.1 Å². The van der Waals surface area contributed by atoms with E-state index >= 15 is 0 Å². The molecule has 0 radical (unpaired) electrons. The summed E-state index contributed by atoms with van der Waals surface area (Å²) in [5.74, 6) is -1.16. The Morgan fingerprint density at radius 2 is 1.63 bits per heavy atom. The third kappa shape index (κ3) is 4.49. The van der Waals surface area contributed by atoms with E-state index in [1.807, 2.05) is 31.2 Å². The molecule has 1 saturated heterocycles. The molecule has 1 aliphatic heterocycles. The predicted molar refractivity (Wildman–Crippen MR) is 129 cm³/mol. The van der Waals surface area contributed by atoms with Crippen molar-refractivity contribution in [2.75, 3.05) is 29.9 Å². The smallest absolute Gasteiger partial charge is 0.322 e. The van der Waals surface area contributed by atoms with Gasteiger partial charge in [0.25, 0.3) is 0 Å². The van der Waals surface area contributed by atoms with Crippen molar-refractivity contribution in [3.63, 3.8) is 0 Å². The Hall–Kier alpha value is -4.14. The molecule has 0 spiro atoms. The quantitative estimate of drug-likeness (QED) is 0.426. The second-order valence-electron chi connectivity index (χ2n) is 8.47. The first-order valence-electron chi connectivity index (χ1n) is 11.2. The average Bonchev–Trinajstić information content (AvgIpc) is 2.85. The van der Waals surface area contributed by atoms with E-state index < -0.39 is 17.7 Å². The molecule has 0 bridgehead atoms. The number of amides is 2. The Morgan fingerprint density at radius 1 is 0.914 bits per heavy atom. The monoisotopic (exact) mass is 477 g/mol. The summed E-state index contributed by atoms with van der Waals surface area (Å²) < 4.78 is 40.5. The van der Waals surface area contributed by atoms with Crippen molar-refractivity contribution >= 4 is 28.3 Å². The Balaban J connectivity index is 1.37. The second kappa shape index (κ2) is 9.25. The van der Waals surface area contributed by atoms with Gasteiger partial charge in [-0.1, -0.05) is 24.3 Å². The van der Waals surface area contributed by atoms with E-state index in [1.165, 1.54) is 18.2 Å². The minimum Gasteiger partial charge on any atom is -0.351 e. The molecule has 1 N–H and O–H groups in total. The Morgan fingerprint density at radius 3 is 2.34 bits per heavy atom. The van der Waals surface area contributed by atoms with E-state index in [4.69, 9.17) is 0 Å². The molecule has 0 saturated carbocycles. The molecule has 1 fully saturated rings. The zero-order valence-electron chi connectivity index (χ0n) is 18.9. The van der Waals surface area contributed by atoms with Gasteiger partial charge in [-0.05, 0) is 43.3 Å². The minimum atomic E-state index is -0.826. The number of nitrogens with zero attached hydrogens (tertiary/aromatic N) is 4. The van der Waals surface area contributed by atoms with Crippen molar-refractivity contribution < 1.29 is 18.0 Å². The van der Waals surface area contributed by atoms with Crippen molar-refractivity contribution in [2.45, 2.75) is 13.0 Å². The fourth-order valence-electron chi connectivity index (χ4n) is 4.37. The van der Waals surface area contributed by atoms with Crippen LogP contribution in [0.1, 0.15) is 6.92 Å². The van der Waals surface area contributed by atoms with Gasteiger partial charge in [-0.25, -0.2) is 18.0 Å². The first kappa shape index (κ1) is 22.6. The van der Waals surface area contributed by atoms with E-state index in [-0.39, 0.29) is 17.5 Å². The van der Waals surface area contributed by atoms with Crippen LogP contribution >= 0.6 is 0 Å². The van der Waals surface area contributed by atoms with E-state index in [9.17, 15) is 18.0 Å². The van der Waals surface area contributed by atoms with Crippen LogP contribution in [-0.2, 0) is 0 Å². The summed E-state index contributed by atoms with van der Waals surface area (Å²) in [6.45, 7) is 3.27. The first-order valence-corrected chi connectivity index (χ1v) is 11.2. The van der Waals surface area contributed by atoms with Crippen LogP contribution in [0.5, 0.6) is 0 Å². The average molecular weight is 477 g/mol. The number of fused-ring (bicyclic) bond motifs is 1. The lowest BCUT2D eigenvalue weighted by Crippen LogP contribution is -2.55. The minimum absolute atomic E-state index is 0.0701. The number of urea groups is 1. The number of benzene rings is 3. The molecule has 2 heterocycles. The summed E-state index contributed by atoms with van der Waals surface area (Å²) >= 11 is 0. The lowest BCUT2D eigenvalue weighted by molar-refractivity contribution is 0.184. The molecule has 35 heavy (non-hydrogen) atoms. The fourth-order valence-corrected chi connectivity index (χ4v) is 4.37. The number of anilines is 2. The SMILES string of the molecule is C[C@H]1CN(c2nnc(-c3ccc(F)cc3)c3ccccc23)CCN1C(=O)Nc1ccc(F)cc1F. The molecule has 1 atom stereocenters. The van der Waals surface area contributed by atoms with Gasteiger partial charge in [0.05, 0.1) is 5.69 Å². The number of hydrogen-bond donors (Lipinski definition) is 1. The molecule has 0 aliphatic carbocycles. The van der Waals surface area contributed by atoms with E-state index in [2.05, 4.69) is 20.4 Å². The molecular weight excluding hydrogens is 455 g/mol. The molecule has 178 valence electrons. The highest BCUT2D eigenvalue weighted by Crippen LogP contribution is 2.32. The van der Waals surface area contributed by atoms with Crippen LogP contribution < -0.4 is 10.2 Å². The van der Waals surface area contributed by atoms with Crippen molar-refractivity contribution in [3.05, 3.63) is 84.2 Å². The zero-order valence-corrected chi connectivity index (χ0v) is 18.9. The third-order valence-electron chi connectivity index (χ3n) is 6.15. The largest absolute Gasteiger partial charge is 0.351 e. The van der Waals surface area contributed by atoms with Gasteiger partial charge in [-0.3, -0.25) is 0 Å². The standard InChI is InChI=1S/C26H22F3N5O/c1-16-15-33(12-13-34(16)26(35)30-23-11-10-19(28)14-22(23)29)25-21-5-3-2-4-20(21)24(31-32-25)17-6-8-18(27)9-7-17/h2-11,14,16H,12-13,15H2,1H3,(H,30,35)/t16-/m0/s1. The van der Waals surface area contributed by atoms with Crippen molar-refractivity contribution in [3.8, 4) is 11.3 Å². The summed E-state index contributed by atoms with van der Waals surface area (Å²) in [7, 11) is 0. The number of nitrogens with one attached hydrogen (secondary N) is 1. The lowest BCUT2D eigenvalue weighted by Gasteiger charge is -2.40. The third-order valence-corrected chi connectivity index (χ3v) is 6.15. The molecule has 5 rings (SSSR count). The number of carbonyl (C=O) groups excluding carboxylic acids is 1. The van der Waals surface area contributed by atoms with Crippen molar-refractivity contribution in [1.29, 1.82) is 0 Å². The number of halogens is 3. The Kier molecular flexibility index (Phi) is 5.98. The highest BCUT2D eigenvalue weighted by atomic mass is 19.1. The molecule has 0 unspecified atom stereocenters. The van der Waals surface area contributed by atoms with Crippen LogP contribution in [0.4, 0.5) is 29.5 Å². The van der Waals surface area contributed by atoms with Gasteiger partial charge in [0.2, 0.25) is 0 Å². The molecule has 4 aromatic rings. The van der Waals surface area contributed by atoms with Crippen molar-refractivity contribution in [1.82, 2.24) is 15.1 Å². The summed E-state index contributed by atoms with van der Waals surface area (Å²) in [5.41, 5.74) is 1.36. The molecule has 1 aliphatic rings. The molecule has 6 nitrogen and oxygen atoms in total. The highest BCUT2D eigenvalue weighted by Gasteiger charge is 2.30. The summed E-state index contributed by atoms with van der Waals surface area (Å²) in [6.07, 6.45) is 0. The van der Waals surface area contributed by atoms with Gasteiger partial charge in [0.15, 0.2) is 5.82 Å². The van der Waals surface area contributed by atoms with E-state index in [1.54, 1.807) is 17.0 Å². The lowest BCUT2D eigenvalue weighted by atomic mass is 10.0. The predicted octanol–water partition coefficient (Wildman–Crippen LogP) is 5.46. The number of aromatic nitrogens is 2. The molecule has 2 amide bonds. The maximum atomic E-state index is 14.0. The van der Waals surface area contributed by atoms with Gasteiger partial charge in [-0.15, -0.1) is 10.2 Å². The molecular formula is C26H22F3N5O. The number of hydrogen-bond acceptors (Lipinski definition) is 4. The Labute approximate surface area is 200 Å². The summed E-state index contributed by atoms with van der Waals surface area (Å²) in [6, 6.07) is 16.3. The first-order chi connectivity index (χ1) is 16.9. The van der Waals surface area contributed by atoms with Gasteiger partial charge in [0.1, 0.15) is 23.1 Å². The number of piperazine rings is 1. The highest BCUT2D eigenvalue weighted by molar-refractivity contribution is 6.00. The molecule has 9 heteroatoms. The number of carbonyl (C=O) groups is 1. The zero-order chi connectivity index (χ0) is 24.5. The molecule has 1 aromatic heterocycles. The van der Waals surface area contributed by atoms with E-state index in [0.717, 1.165) is 28.5 Å². The Bertz CT molecular complexity index is 1400. The summed E-state index contributed by atoms with van der Waals surface area (Å²) in [5, 5.41) is 13.3. The number of rotatable bonds is 3. The fraction of sp³-hybridized carbons (Fsp3) is 0.192. The maximum absolute atomic E-state index is 14.0. The van der Waals surface area contributed by atoms with Gasteiger partial charge in [-0.2, -0.15) is 0 Å². The van der Waals surface area contributed by atoms with Gasteiger partial charge >= 0.3 is 6.03 Å². The topological polar surface area (TPSA) is 61.4 Å². The van der Waals surface area contributed by atoms with Crippen LogP contribution in [0.25, 0.3) is 22.0 Å². The second-order valence-corrected chi connectivity index (χ2v) is 8.47. The normalized spacial score (nSPS) is 15.9. The maximum Gasteiger partial charge on any atom is 0.322 e.